The van der Waals surface area contributed by atoms with Crippen LogP contribution >= 0.6 is 7.82 Å². The number of aliphatic hydroxyl groups excluding tert-OH is 1. The van der Waals surface area contributed by atoms with Crippen LogP contribution in [0.15, 0.2) is 12.2 Å². The molecule has 3 unspecified atom stereocenters. The van der Waals surface area contributed by atoms with E-state index in [9.17, 15) is 34.1 Å². The van der Waals surface area contributed by atoms with E-state index in [4.69, 9.17) is 13.8 Å². The van der Waals surface area contributed by atoms with Crippen LogP contribution < -0.4 is 5.32 Å². The van der Waals surface area contributed by atoms with E-state index in [-0.39, 0.29) is 12.8 Å². The van der Waals surface area contributed by atoms with E-state index >= 15 is 0 Å². The molecule has 0 aliphatic rings. The van der Waals surface area contributed by atoms with Crippen molar-refractivity contribution in [1.29, 1.82) is 0 Å². The summed E-state index contributed by atoms with van der Waals surface area (Å²) in [6.07, 6.45) is 27.6. The number of nitrogens with one attached hydrogen (secondary N) is 1. The third-order valence-electron chi connectivity index (χ3n) is 7.80. The number of amides is 1. The molecule has 0 aromatic carbocycles. The van der Waals surface area contributed by atoms with Gasteiger partial charge in [-0.1, -0.05) is 122 Å². The molecule has 0 aliphatic heterocycles. The Morgan fingerprint density at radius 1 is 0.660 bits per heavy atom. The summed E-state index contributed by atoms with van der Waals surface area (Å²) in [4.78, 5) is 45.1. The maximum absolute atomic E-state index is 12.1. The number of hydrogen-bond acceptors (Lipinski definition) is 8. The number of phosphoric acid groups is 1. The smallest absolute Gasteiger partial charge is 0.472 e. The predicted molar refractivity (Wildman–Crippen MR) is 185 cm³/mol. The van der Waals surface area contributed by atoms with Crippen molar-refractivity contribution >= 4 is 25.7 Å². The van der Waals surface area contributed by atoms with E-state index < -0.39 is 57.6 Å². The largest absolute Gasteiger partial charge is 0.480 e. The van der Waals surface area contributed by atoms with Crippen LogP contribution in [0.4, 0.5) is 0 Å². The van der Waals surface area contributed by atoms with Crippen molar-refractivity contribution in [1.82, 2.24) is 5.32 Å². The number of aliphatic carboxylic acids is 1. The number of carboxylic acids is 1. The first-order valence-electron chi connectivity index (χ1n) is 18.2. The molecule has 11 nitrogen and oxygen atoms in total. The van der Waals surface area contributed by atoms with E-state index in [1.807, 2.05) is 6.92 Å². The Morgan fingerprint density at radius 2 is 1.11 bits per heavy atom. The molecular weight excluding hydrogens is 625 g/mol. The molecule has 0 aliphatic carbocycles. The Hall–Kier alpha value is -1.78. The Balaban J connectivity index is 3.80. The van der Waals surface area contributed by atoms with Crippen molar-refractivity contribution in [3.63, 3.8) is 0 Å². The zero-order valence-electron chi connectivity index (χ0n) is 29.3. The van der Waals surface area contributed by atoms with Crippen molar-refractivity contribution in [2.45, 2.75) is 174 Å². The average Bonchev–Trinajstić information content (AvgIpc) is 3.04. The van der Waals surface area contributed by atoms with Crippen LogP contribution in [-0.2, 0) is 32.7 Å². The number of esters is 1. The van der Waals surface area contributed by atoms with Gasteiger partial charge in [0, 0.05) is 12.8 Å². The summed E-state index contributed by atoms with van der Waals surface area (Å²) in [5.41, 5.74) is 0. The Kier molecular flexibility index (Phi) is 30.3. The number of unbranched alkanes of at least 4 members (excludes halogenated alkanes) is 18. The first kappa shape index (κ1) is 45.2. The summed E-state index contributed by atoms with van der Waals surface area (Å²) >= 11 is 0. The minimum absolute atomic E-state index is 0.139. The topological polar surface area (TPSA) is 169 Å². The molecule has 12 heteroatoms. The van der Waals surface area contributed by atoms with Crippen LogP contribution in [0.1, 0.15) is 162 Å². The van der Waals surface area contributed by atoms with Gasteiger partial charge in [-0.3, -0.25) is 18.6 Å². The van der Waals surface area contributed by atoms with E-state index in [0.717, 1.165) is 38.5 Å². The highest BCUT2D eigenvalue weighted by molar-refractivity contribution is 7.47. The molecule has 0 fully saturated rings. The highest BCUT2D eigenvalue weighted by atomic mass is 31.2. The second-order valence-electron chi connectivity index (χ2n) is 12.4. The Morgan fingerprint density at radius 3 is 1.64 bits per heavy atom. The fourth-order valence-corrected chi connectivity index (χ4v) is 5.67. The number of phosphoric ester groups is 1. The highest BCUT2D eigenvalue weighted by Crippen LogP contribution is 2.43. The van der Waals surface area contributed by atoms with Crippen LogP contribution in [0.25, 0.3) is 0 Å². The molecular formula is C35H66NO10P. The molecule has 0 heterocycles. The first-order valence-corrected chi connectivity index (χ1v) is 19.7. The minimum Gasteiger partial charge on any atom is -0.480 e. The molecule has 0 saturated carbocycles. The summed E-state index contributed by atoms with van der Waals surface area (Å²) in [5.74, 6) is -2.40. The van der Waals surface area contributed by atoms with Crippen molar-refractivity contribution in [2.75, 3.05) is 19.8 Å². The molecule has 0 rings (SSSR count). The average molecular weight is 692 g/mol. The van der Waals surface area contributed by atoms with Gasteiger partial charge in [0.05, 0.1) is 13.2 Å². The molecule has 1 amide bonds. The van der Waals surface area contributed by atoms with E-state index in [0.29, 0.717) is 12.8 Å². The summed E-state index contributed by atoms with van der Waals surface area (Å²) in [6, 6.07) is -1.54. The molecule has 47 heavy (non-hydrogen) atoms. The van der Waals surface area contributed by atoms with Gasteiger partial charge >= 0.3 is 19.8 Å². The maximum atomic E-state index is 12.1. The normalized spacial score (nSPS) is 14.1. The van der Waals surface area contributed by atoms with Crippen LogP contribution in [-0.4, -0.2) is 64.9 Å². The number of ether oxygens (including phenoxy) is 1. The zero-order chi connectivity index (χ0) is 35.0. The van der Waals surface area contributed by atoms with Crippen LogP contribution in [0.5, 0.6) is 0 Å². The van der Waals surface area contributed by atoms with Crippen molar-refractivity contribution in [2.24, 2.45) is 0 Å². The standard InChI is InChI=1S/C35H66NO10P/c1-3-5-7-9-10-11-12-13-14-15-16-17-18-19-20-21-22-23-25-27-34(39)44-28-31(37)29-45-47(42,43)46-30-32(35(40)41)36-33(38)26-24-8-6-4-2/h13-14,31-32,37H,3-12,15-30H2,1-2H3,(H,36,38)(H,40,41)(H,42,43)/b14-13+. The first-order chi connectivity index (χ1) is 22.6. The SMILES string of the molecule is CCCCCCCC/C=C/CCCCCCCCCCCC(=O)OCC(O)COP(=O)(O)OCC(NC(=O)CCCCCC)C(=O)O. The van der Waals surface area contributed by atoms with Crippen molar-refractivity contribution in [3.8, 4) is 0 Å². The number of carboxylic acid groups (broad SMARTS) is 1. The number of aliphatic hydroxyl groups is 1. The van der Waals surface area contributed by atoms with Crippen LogP contribution in [0, 0.1) is 0 Å². The van der Waals surface area contributed by atoms with Gasteiger partial charge in [0.15, 0.2) is 6.04 Å². The molecule has 0 saturated heterocycles. The third-order valence-corrected chi connectivity index (χ3v) is 8.76. The maximum Gasteiger partial charge on any atom is 0.472 e. The Labute approximate surface area is 284 Å². The lowest BCUT2D eigenvalue weighted by Crippen LogP contribution is -2.43. The van der Waals surface area contributed by atoms with Crippen LogP contribution in [0.2, 0.25) is 0 Å². The van der Waals surface area contributed by atoms with Gasteiger partial charge in [-0.15, -0.1) is 0 Å². The lowest BCUT2D eigenvalue weighted by atomic mass is 10.1. The van der Waals surface area contributed by atoms with E-state index in [1.54, 1.807) is 0 Å². The molecule has 0 spiro atoms. The molecule has 0 aromatic heterocycles. The van der Waals surface area contributed by atoms with Crippen molar-refractivity contribution in [3.05, 3.63) is 12.2 Å². The van der Waals surface area contributed by atoms with Gasteiger partial charge in [0.2, 0.25) is 5.91 Å². The predicted octanol–water partition coefficient (Wildman–Crippen LogP) is 8.16. The Bertz CT molecular complexity index is 869. The van der Waals surface area contributed by atoms with E-state index in [1.165, 1.54) is 83.5 Å². The molecule has 0 radical (unpaired) electrons. The summed E-state index contributed by atoms with van der Waals surface area (Å²) in [6.45, 7) is 2.40. The number of allylic oxidation sites excluding steroid dienone is 2. The highest BCUT2D eigenvalue weighted by Gasteiger charge is 2.28. The van der Waals surface area contributed by atoms with Gasteiger partial charge < -0.3 is 25.2 Å². The number of carbonyl (C=O) groups excluding carboxylic acids is 2. The molecule has 3 atom stereocenters. The summed E-state index contributed by atoms with van der Waals surface area (Å²) in [7, 11) is -4.73. The zero-order valence-corrected chi connectivity index (χ0v) is 30.2. The lowest BCUT2D eigenvalue weighted by molar-refractivity contribution is -0.147. The van der Waals surface area contributed by atoms with Gasteiger partial charge in [-0.05, 0) is 38.5 Å². The van der Waals surface area contributed by atoms with Gasteiger partial charge in [-0.25, -0.2) is 9.36 Å². The number of rotatable bonds is 34. The molecule has 276 valence electrons. The molecule has 0 bridgehead atoms. The molecule has 0 aromatic rings. The summed E-state index contributed by atoms with van der Waals surface area (Å²) in [5, 5.41) is 21.5. The third kappa shape index (κ3) is 31.3. The van der Waals surface area contributed by atoms with E-state index in [2.05, 4.69) is 24.4 Å². The van der Waals surface area contributed by atoms with Gasteiger partial charge in [-0.2, -0.15) is 0 Å². The summed E-state index contributed by atoms with van der Waals surface area (Å²) < 4.78 is 26.5. The lowest BCUT2D eigenvalue weighted by Gasteiger charge is -2.18. The van der Waals surface area contributed by atoms with Crippen LogP contribution in [0.3, 0.4) is 0 Å². The van der Waals surface area contributed by atoms with Crippen molar-refractivity contribution < 1.29 is 47.8 Å². The van der Waals surface area contributed by atoms with Gasteiger partial charge in [0.25, 0.3) is 0 Å². The number of carbonyl (C=O) groups is 3. The van der Waals surface area contributed by atoms with Gasteiger partial charge in [0.1, 0.15) is 12.7 Å². The quantitative estimate of drug-likeness (QED) is 0.0224. The fourth-order valence-electron chi connectivity index (χ4n) is 4.90. The second-order valence-corrected chi connectivity index (χ2v) is 13.9. The fraction of sp³-hybridized carbons (Fsp3) is 0.857. The second kappa shape index (κ2) is 31.5. The minimum atomic E-state index is -4.73. The monoisotopic (exact) mass is 691 g/mol. The molecule has 4 N–H and O–H groups in total. The number of hydrogen-bond donors (Lipinski definition) is 4.